The average Bonchev–Trinajstić information content (AvgIpc) is 3.09. The summed E-state index contributed by atoms with van der Waals surface area (Å²) >= 11 is 5.85. The summed E-state index contributed by atoms with van der Waals surface area (Å²) in [4.78, 5) is 17.0. The first-order valence-electron chi connectivity index (χ1n) is 9.19. The first-order chi connectivity index (χ1) is 14.1. The van der Waals surface area contributed by atoms with Crippen LogP contribution in [0.2, 0.25) is 5.02 Å². The van der Waals surface area contributed by atoms with Gasteiger partial charge in [0, 0.05) is 16.5 Å². The standard InChI is InChI=1S/C22H19ClN4O2/c1-15-14-21(25-22(28)12-13-29-18-9-7-17(23)8-10-18)27(26-15)20-11-6-16-4-2-3-5-19(16)24-20/h2-11,14H,12-13H2,1H3,(H,25,28). The lowest BCUT2D eigenvalue weighted by atomic mass is 10.2. The van der Waals surface area contributed by atoms with E-state index in [9.17, 15) is 4.79 Å². The molecule has 0 saturated carbocycles. The first-order valence-corrected chi connectivity index (χ1v) is 9.57. The van der Waals surface area contributed by atoms with Crippen LogP contribution in [0.3, 0.4) is 0 Å². The SMILES string of the molecule is Cc1cc(NC(=O)CCOc2ccc(Cl)cc2)n(-c2ccc3ccccc3n2)n1. The molecule has 2 aromatic heterocycles. The molecule has 0 aliphatic rings. The lowest BCUT2D eigenvalue weighted by molar-refractivity contribution is -0.116. The highest BCUT2D eigenvalue weighted by Gasteiger charge is 2.12. The molecule has 4 aromatic rings. The minimum Gasteiger partial charge on any atom is -0.493 e. The van der Waals surface area contributed by atoms with Gasteiger partial charge in [-0.15, -0.1) is 0 Å². The van der Waals surface area contributed by atoms with Gasteiger partial charge in [-0.05, 0) is 49.4 Å². The highest BCUT2D eigenvalue weighted by atomic mass is 35.5. The number of pyridine rings is 1. The molecule has 7 heteroatoms. The van der Waals surface area contributed by atoms with E-state index in [-0.39, 0.29) is 18.9 Å². The summed E-state index contributed by atoms with van der Waals surface area (Å²) in [5.74, 6) is 1.72. The van der Waals surface area contributed by atoms with Crippen LogP contribution < -0.4 is 10.1 Å². The molecule has 1 N–H and O–H groups in total. The van der Waals surface area contributed by atoms with Gasteiger partial charge in [0.2, 0.25) is 5.91 Å². The van der Waals surface area contributed by atoms with E-state index in [1.54, 1.807) is 28.9 Å². The maximum Gasteiger partial charge on any atom is 0.228 e. The van der Waals surface area contributed by atoms with Crippen LogP contribution in [-0.4, -0.2) is 27.3 Å². The minimum atomic E-state index is -0.166. The number of aromatic nitrogens is 3. The fourth-order valence-electron chi connectivity index (χ4n) is 2.93. The van der Waals surface area contributed by atoms with Crippen molar-refractivity contribution in [3.63, 3.8) is 0 Å². The molecule has 0 atom stereocenters. The van der Waals surface area contributed by atoms with Gasteiger partial charge in [0.1, 0.15) is 11.6 Å². The van der Waals surface area contributed by atoms with Gasteiger partial charge in [0.25, 0.3) is 0 Å². The van der Waals surface area contributed by atoms with Gasteiger partial charge in [-0.1, -0.05) is 29.8 Å². The molecule has 6 nitrogen and oxygen atoms in total. The number of nitrogens with zero attached hydrogens (tertiary/aromatic N) is 3. The molecule has 0 bridgehead atoms. The first kappa shape index (κ1) is 19.0. The monoisotopic (exact) mass is 406 g/mol. The Labute approximate surface area is 173 Å². The molecule has 1 amide bonds. The number of anilines is 1. The van der Waals surface area contributed by atoms with E-state index in [4.69, 9.17) is 16.3 Å². The fourth-order valence-corrected chi connectivity index (χ4v) is 3.06. The Morgan fingerprint density at radius 2 is 1.90 bits per heavy atom. The summed E-state index contributed by atoms with van der Waals surface area (Å²) in [6.45, 7) is 2.13. The van der Waals surface area contributed by atoms with Crippen molar-refractivity contribution in [2.75, 3.05) is 11.9 Å². The third-order valence-corrected chi connectivity index (χ3v) is 4.56. The molecule has 0 spiro atoms. The third-order valence-electron chi connectivity index (χ3n) is 4.31. The second kappa shape index (κ2) is 8.32. The second-order valence-electron chi connectivity index (χ2n) is 6.55. The predicted molar refractivity (Wildman–Crippen MR) is 114 cm³/mol. The Morgan fingerprint density at radius 1 is 1.10 bits per heavy atom. The lowest BCUT2D eigenvalue weighted by Crippen LogP contribution is -2.17. The highest BCUT2D eigenvalue weighted by molar-refractivity contribution is 6.30. The minimum absolute atomic E-state index is 0.166. The number of nitrogens with one attached hydrogen (secondary N) is 1. The van der Waals surface area contributed by atoms with Crippen LogP contribution in [0.5, 0.6) is 5.75 Å². The molecular weight excluding hydrogens is 388 g/mol. The van der Waals surface area contributed by atoms with Crippen molar-refractivity contribution in [2.45, 2.75) is 13.3 Å². The van der Waals surface area contributed by atoms with Crippen molar-refractivity contribution >= 4 is 34.2 Å². The summed E-state index contributed by atoms with van der Waals surface area (Å²) in [5, 5.41) is 9.05. The van der Waals surface area contributed by atoms with Gasteiger partial charge in [-0.2, -0.15) is 9.78 Å². The number of carbonyl (C=O) groups excluding carboxylic acids is 1. The number of hydrogen-bond donors (Lipinski definition) is 1. The maximum atomic E-state index is 12.4. The van der Waals surface area contributed by atoms with Crippen molar-refractivity contribution in [3.05, 3.63) is 77.4 Å². The van der Waals surface area contributed by atoms with E-state index in [1.807, 2.05) is 49.4 Å². The Hall–Kier alpha value is -3.38. The fraction of sp³-hybridized carbons (Fsp3) is 0.136. The number of ether oxygens (including phenoxy) is 1. The number of rotatable bonds is 6. The van der Waals surface area contributed by atoms with Gasteiger partial charge in [0.15, 0.2) is 5.82 Å². The van der Waals surface area contributed by atoms with Crippen LogP contribution in [0.1, 0.15) is 12.1 Å². The second-order valence-corrected chi connectivity index (χ2v) is 6.98. The van der Waals surface area contributed by atoms with Crippen molar-refractivity contribution in [1.82, 2.24) is 14.8 Å². The highest BCUT2D eigenvalue weighted by Crippen LogP contribution is 2.20. The molecule has 0 unspecified atom stereocenters. The van der Waals surface area contributed by atoms with Gasteiger partial charge < -0.3 is 10.1 Å². The molecular formula is C22H19ClN4O2. The van der Waals surface area contributed by atoms with E-state index in [2.05, 4.69) is 15.4 Å². The number of benzene rings is 2. The van der Waals surface area contributed by atoms with Crippen molar-refractivity contribution in [3.8, 4) is 11.6 Å². The van der Waals surface area contributed by atoms with Crippen molar-refractivity contribution in [1.29, 1.82) is 0 Å². The van der Waals surface area contributed by atoms with Gasteiger partial charge in [-0.3, -0.25) is 4.79 Å². The zero-order valence-electron chi connectivity index (χ0n) is 15.8. The van der Waals surface area contributed by atoms with Crippen molar-refractivity contribution in [2.24, 2.45) is 0 Å². The molecule has 0 radical (unpaired) electrons. The molecule has 146 valence electrons. The van der Waals surface area contributed by atoms with E-state index in [1.165, 1.54) is 0 Å². The van der Waals surface area contributed by atoms with E-state index in [0.717, 1.165) is 16.6 Å². The average molecular weight is 407 g/mol. The van der Waals surface area contributed by atoms with Crippen LogP contribution in [0.15, 0.2) is 66.7 Å². The summed E-state index contributed by atoms with van der Waals surface area (Å²) in [6, 6.07) is 20.6. The predicted octanol–water partition coefficient (Wildman–Crippen LogP) is 4.79. The molecule has 2 aromatic carbocycles. The van der Waals surface area contributed by atoms with Gasteiger partial charge in [-0.25, -0.2) is 4.98 Å². The summed E-state index contributed by atoms with van der Waals surface area (Å²) < 4.78 is 7.22. The summed E-state index contributed by atoms with van der Waals surface area (Å²) in [6.07, 6.45) is 0.206. The molecule has 2 heterocycles. The lowest BCUT2D eigenvalue weighted by Gasteiger charge is -2.10. The van der Waals surface area contributed by atoms with Crippen LogP contribution in [0, 0.1) is 6.92 Å². The van der Waals surface area contributed by atoms with E-state index >= 15 is 0 Å². The Kier molecular flexibility index (Phi) is 5.44. The third kappa shape index (κ3) is 4.55. The van der Waals surface area contributed by atoms with Crippen molar-refractivity contribution < 1.29 is 9.53 Å². The number of para-hydroxylation sites is 1. The zero-order valence-corrected chi connectivity index (χ0v) is 16.6. The Morgan fingerprint density at radius 3 is 2.72 bits per heavy atom. The summed E-state index contributed by atoms with van der Waals surface area (Å²) in [7, 11) is 0. The molecule has 29 heavy (non-hydrogen) atoms. The number of carbonyl (C=O) groups is 1. The van der Waals surface area contributed by atoms with Crippen LogP contribution in [0.4, 0.5) is 5.82 Å². The molecule has 0 saturated heterocycles. The van der Waals surface area contributed by atoms with Crippen LogP contribution >= 0.6 is 11.6 Å². The van der Waals surface area contributed by atoms with Crippen LogP contribution in [-0.2, 0) is 4.79 Å². The molecule has 0 aliphatic heterocycles. The van der Waals surface area contributed by atoms with E-state index < -0.39 is 0 Å². The van der Waals surface area contributed by atoms with Crippen LogP contribution in [0.25, 0.3) is 16.7 Å². The van der Waals surface area contributed by atoms with Gasteiger partial charge >= 0.3 is 0 Å². The largest absolute Gasteiger partial charge is 0.493 e. The Balaban J connectivity index is 1.44. The number of amides is 1. The topological polar surface area (TPSA) is 69.0 Å². The smallest absolute Gasteiger partial charge is 0.228 e. The zero-order chi connectivity index (χ0) is 20.2. The summed E-state index contributed by atoms with van der Waals surface area (Å²) in [5.41, 5.74) is 1.65. The number of hydrogen-bond acceptors (Lipinski definition) is 4. The maximum absolute atomic E-state index is 12.4. The quantitative estimate of drug-likeness (QED) is 0.499. The number of fused-ring (bicyclic) bond motifs is 1. The van der Waals surface area contributed by atoms with Gasteiger partial charge in [0.05, 0.1) is 24.2 Å². The molecule has 4 rings (SSSR count). The number of aryl methyl sites for hydroxylation is 1. The molecule has 0 fully saturated rings. The Bertz CT molecular complexity index is 1160. The molecule has 0 aliphatic carbocycles. The normalized spacial score (nSPS) is 10.8. The van der Waals surface area contributed by atoms with E-state index in [0.29, 0.717) is 22.4 Å². The number of halogens is 1.